The monoisotopic (exact) mass is 480 g/mol. The first-order valence-corrected chi connectivity index (χ1v) is 15.8. The summed E-state index contributed by atoms with van der Waals surface area (Å²) in [5.74, 6) is 5.53. The first-order chi connectivity index (χ1) is 15.4. The molecule has 4 nitrogen and oxygen atoms in total. The van der Waals surface area contributed by atoms with Gasteiger partial charge in [-0.1, -0.05) is 53.9 Å². The van der Waals surface area contributed by atoms with Gasteiger partial charge in [0.05, 0.1) is 12.4 Å². The molecule has 190 valence electrons. The van der Waals surface area contributed by atoms with Gasteiger partial charge in [-0.2, -0.15) is 8.42 Å². The van der Waals surface area contributed by atoms with E-state index in [2.05, 4.69) is 34.6 Å². The van der Waals surface area contributed by atoms with E-state index in [1.165, 1.54) is 64.0 Å². The molecule has 0 bridgehead atoms. The summed E-state index contributed by atoms with van der Waals surface area (Å²) in [5, 5.41) is 0. The van der Waals surface area contributed by atoms with Crippen LogP contribution in [0.25, 0.3) is 0 Å². The summed E-state index contributed by atoms with van der Waals surface area (Å²) in [6, 6.07) is 0. The van der Waals surface area contributed by atoms with E-state index < -0.39 is 10.1 Å². The molecule has 5 fully saturated rings. The second-order valence-corrected chi connectivity index (χ2v) is 15.2. The molecule has 5 heteroatoms. The van der Waals surface area contributed by atoms with Crippen molar-refractivity contribution in [3.05, 3.63) is 0 Å². The smallest absolute Gasteiger partial charge is 0.264 e. The molecule has 5 aliphatic rings. The molecule has 4 saturated carbocycles. The van der Waals surface area contributed by atoms with Gasteiger partial charge in [-0.25, -0.2) is 0 Å². The summed E-state index contributed by atoms with van der Waals surface area (Å²) in [7, 11) is -3.44. The number of hydrogen-bond donors (Lipinski definition) is 0. The summed E-state index contributed by atoms with van der Waals surface area (Å²) in [6.07, 6.45) is 14.2. The van der Waals surface area contributed by atoms with E-state index in [-0.39, 0.29) is 23.7 Å². The van der Waals surface area contributed by atoms with Crippen molar-refractivity contribution >= 4 is 10.1 Å². The molecule has 0 aromatic heterocycles. The molecule has 0 spiro atoms. The third-order valence-electron chi connectivity index (χ3n) is 11.5. The van der Waals surface area contributed by atoms with Crippen molar-refractivity contribution < 1.29 is 17.3 Å². The highest BCUT2D eigenvalue weighted by atomic mass is 32.2. The fourth-order valence-corrected chi connectivity index (χ4v) is 10.6. The van der Waals surface area contributed by atoms with Gasteiger partial charge < -0.3 is 4.74 Å². The number of ether oxygens (including phenoxy) is 1. The zero-order valence-corrected chi connectivity index (χ0v) is 22.7. The molecular formula is C28H48O4S. The standard InChI is InChI=1S/C28H48O4S/c1-17(2)8-7-9-18(3)21-12-13-22-20-11-10-19-16-24(32-33(6,29)30)25-26(31-25)28(19,5)23(20)14-15-27(21,22)4/h17-26H,7-16H2,1-6H3/t18-,19+,20+,21+,22-,23+,24+,25+,26+,27+,28+/m1/s1. The van der Waals surface area contributed by atoms with E-state index in [9.17, 15) is 8.42 Å². The fraction of sp³-hybridized carbons (Fsp3) is 1.00. The number of epoxide rings is 1. The summed E-state index contributed by atoms with van der Waals surface area (Å²) < 4.78 is 35.3. The predicted molar refractivity (Wildman–Crippen MR) is 132 cm³/mol. The Morgan fingerprint density at radius 3 is 2.45 bits per heavy atom. The summed E-state index contributed by atoms with van der Waals surface area (Å²) in [6.45, 7) is 12.4. The van der Waals surface area contributed by atoms with Gasteiger partial charge in [0.25, 0.3) is 10.1 Å². The van der Waals surface area contributed by atoms with Crippen LogP contribution in [-0.4, -0.2) is 33.0 Å². The molecule has 0 unspecified atom stereocenters. The van der Waals surface area contributed by atoms with Gasteiger partial charge in [-0.05, 0) is 91.8 Å². The van der Waals surface area contributed by atoms with Crippen molar-refractivity contribution in [3.63, 3.8) is 0 Å². The Morgan fingerprint density at radius 1 is 1.00 bits per heavy atom. The minimum atomic E-state index is -3.44. The number of hydrogen-bond acceptors (Lipinski definition) is 4. The Morgan fingerprint density at radius 2 is 1.76 bits per heavy atom. The molecule has 0 aromatic carbocycles. The number of rotatable bonds is 7. The average molecular weight is 481 g/mol. The van der Waals surface area contributed by atoms with Gasteiger partial charge >= 0.3 is 0 Å². The van der Waals surface area contributed by atoms with Crippen molar-refractivity contribution in [1.82, 2.24) is 0 Å². The Kier molecular flexibility index (Phi) is 6.31. The van der Waals surface area contributed by atoms with E-state index in [1.807, 2.05) is 0 Å². The SMILES string of the molecule is CC(C)CCC[C@@H](C)[C@@H]1CC[C@@H]2[C@@H]3CC[C@H]4C[C@H](OS(C)(=O)=O)[C@@H]5O[C@@H]5[C@]4(C)[C@H]3CC[C@]21C. The molecule has 1 saturated heterocycles. The van der Waals surface area contributed by atoms with Gasteiger partial charge in [-0.15, -0.1) is 0 Å². The Balaban J connectivity index is 1.30. The van der Waals surface area contributed by atoms with Crippen molar-refractivity contribution in [2.24, 2.45) is 52.3 Å². The normalized spacial score (nSPS) is 49.7. The lowest BCUT2D eigenvalue weighted by atomic mass is 9.44. The molecule has 0 radical (unpaired) electrons. The molecule has 5 rings (SSSR count). The van der Waals surface area contributed by atoms with Crippen molar-refractivity contribution in [1.29, 1.82) is 0 Å². The highest BCUT2D eigenvalue weighted by molar-refractivity contribution is 7.86. The second-order valence-electron chi connectivity index (χ2n) is 13.6. The van der Waals surface area contributed by atoms with Crippen molar-refractivity contribution in [2.45, 2.75) is 117 Å². The van der Waals surface area contributed by atoms with Gasteiger partial charge in [0.2, 0.25) is 0 Å². The minimum Gasteiger partial charge on any atom is -0.366 e. The molecule has 1 heterocycles. The molecule has 4 aliphatic carbocycles. The second kappa shape index (κ2) is 8.47. The predicted octanol–water partition coefficient (Wildman–Crippen LogP) is 6.44. The van der Waals surface area contributed by atoms with Gasteiger partial charge in [0.1, 0.15) is 12.2 Å². The third-order valence-corrected chi connectivity index (χ3v) is 12.1. The van der Waals surface area contributed by atoms with Crippen LogP contribution in [0.3, 0.4) is 0 Å². The summed E-state index contributed by atoms with van der Waals surface area (Å²) in [4.78, 5) is 0. The Bertz CT molecular complexity index is 839. The Labute approximate surface area is 203 Å². The lowest BCUT2D eigenvalue weighted by Crippen LogP contribution is -2.57. The summed E-state index contributed by atoms with van der Waals surface area (Å²) in [5.41, 5.74) is 0.718. The maximum absolute atomic E-state index is 11.8. The van der Waals surface area contributed by atoms with Crippen LogP contribution in [0.1, 0.15) is 98.8 Å². The number of fused-ring (bicyclic) bond motifs is 7. The quantitative estimate of drug-likeness (QED) is 0.311. The molecule has 0 N–H and O–H groups in total. The van der Waals surface area contributed by atoms with Crippen LogP contribution in [-0.2, 0) is 19.0 Å². The topological polar surface area (TPSA) is 55.9 Å². The first-order valence-electron chi connectivity index (χ1n) is 14.0. The van der Waals surface area contributed by atoms with Gasteiger partial charge in [-0.3, -0.25) is 4.18 Å². The zero-order valence-electron chi connectivity index (χ0n) is 21.9. The largest absolute Gasteiger partial charge is 0.366 e. The minimum absolute atomic E-state index is 0.00894. The van der Waals surface area contributed by atoms with Gasteiger partial charge in [0.15, 0.2) is 0 Å². The Hall–Kier alpha value is -0.130. The first kappa shape index (κ1) is 24.6. The van der Waals surface area contributed by atoms with Crippen LogP contribution in [0.5, 0.6) is 0 Å². The van der Waals surface area contributed by atoms with Gasteiger partial charge in [0, 0.05) is 5.41 Å². The maximum Gasteiger partial charge on any atom is 0.264 e. The van der Waals surface area contributed by atoms with Crippen LogP contribution >= 0.6 is 0 Å². The van der Waals surface area contributed by atoms with Crippen LogP contribution < -0.4 is 0 Å². The van der Waals surface area contributed by atoms with E-state index in [1.54, 1.807) is 0 Å². The van der Waals surface area contributed by atoms with E-state index >= 15 is 0 Å². The lowest BCUT2D eigenvalue weighted by Gasteiger charge is -2.60. The van der Waals surface area contributed by atoms with E-state index in [0.29, 0.717) is 11.3 Å². The van der Waals surface area contributed by atoms with Crippen molar-refractivity contribution in [2.75, 3.05) is 6.26 Å². The molecular weight excluding hydrogens is 432 g/mol. The zero-order chi connectivity index (χ0) is 23.8. The van der Waals surface area contributed by atoms with E-state index in [0.717, 1.165) is 41.9 Å². The molecule has 33 heavy (non-hydrogen) atoms. The lowest BCUT2D eigenvalue weighted by molar-refractivity contribution is -0.121. The molecule has 0 aromatic rings. The fourth-order valence-electron chi connectivity index (χ4n) is 9.95. The highest BCUT2D eigenvalue weighted by Gasteiger charge is 2.70. The van der Waals surface area contributed by atoms with Crippen LogP contribution in [0.4, 0.5) is 0 Å². The van der Waals surface area contributed by atoms with Crippen molar-refractivity contribution in [3.8, 4) is 0 Å². The highest BCUT2D eigenvalue weighted by Crippen LogP contribution is 2.70. The molecule has 1 aliphatic heterocycles. The average Bonchev–Trinajstić information content (AvgIpc) is 3.44. The third kappa shape index (κ3) is 4.14. The maximum atomic E-state index is 11.8. The summed E-state index contributed by atoms with van der Waals surface area (Å²) >= 11 is 0. The van der Waals surface area contributed by atoms with Crippen LogP contribution in [0, 0.1) is 52.3 Å². The molecule has 11 atom stereocenters. The van der Waals surface area contributed by atoms with E-state index in [4.69, 9.17) is 8.92 Å². The van der Waals surface area contributed by atoms with Crippen LogP contribution in [0.2, 0.25) is 0 Å². The van der Waals surface area contributed by atoms with Crippen LogP contribution in [0.15, 0.2) is 0 Å². The molecule has 0 amide bonds.